The smallest absolute Gasteiger partial charge is 0.220 e. The molecule has 0 aromatic carbocycles. The summed E-state index contributed by atoms with van der Waals surface area (Å²) in [6.07, 6.45) is 10.2. The van der Waals surface area contributed by atoms with Crippen molar-refractivity contribution in [3.63, 3.8) is 0 Å². The van der Waals surface area contributed by atoms with Gasteiger partial charge in [-0.3, -0.25) is 4.79 Å². The molecule has 1 fully saturated rings. The Balaban J connectivity index is 2.27. The van der Waals surface area contributed by atoms with Crippen LogP contribution in [-0.4, -0.2) is 19.0 Å². The van der Waals surface area contributed by atoms with Gasteiger partial charge in [0.2, 0.25) is 5.91 Å². The Labute approximate surface area is 106 Å². The number of carbonyl (C=O) groups excluding carboxylic acids is 1. The van der Waals surface area contributed by atoms with Gasteiger partial charge in [-0.1, -0.05) is 39.0 Å². The zero-order valence-electron chi connectivity index (χ0n) is 11.3. The summed E-state index contributed by atoms with van der Waals surface area (Å²) in [5.41, 5.74) is 5.99. The predicted octanol–water partition coefficient (Wildman–Crippen LogP) is 2.59. The molecule has 0 unspecified atom stereocenters. The topological polar surface area (TPSA) is 55.1 Å². The second-order valence-corrected chi connectivity index (χ2v) is 5.50. The maximum atomic E-state index is 11.9. The lowest BCUT2D eigenvalue weighted by molar-refractivity contribution is -0.123. The van der Waals surface area contributed by atoms with E-state index in [1.54, 1.807) is 0 Å². The molecule has 1 aliphatic carbocycles. The fourth-order valence-corrected chi connectivity index (χ4v) is 2.76. The van der Waals surface area contributed by atoms with Crippen molar-refractivity contribution < 1.29 is 4.79 Å². The number of amides is 1. The normalized spacial score (nSPS) is 18.9. The first-order valence-corrected chi connectivity index (χ1v) is 7.19. The molecule has 1 amide bonds. The quantitative estimate of drug-likeness (QED) is 0.672. The summed E-state index contributed by atoms with van der Waals surface area (Å²) < 4.78 is 0. The second-order valence-electron chi connectivity index (χ2n) is 5.50. The summed E-state index contributed by atoms with van der Waals surface area (Å²) in [4.78, 5) is 11.9. The van der Waals surface area contributed by atoms with Gasteiger partial charge in [0.15, 0.2) is 0 Å². The van der Waals surface area contributed by atoms with Crippen LogP contribution in [-0.2, 0) is 4.79 Å². The number of rotatable bonds is 7. The van der Waals surface area contributed by atoms with E-state index in [2.05, 4.69) is 12.2 Å². The maximum absolute atomic E-state index is 11.9. The Kier molecular flexibility index (Phi) is 6.56. The lowest BCUT2D eigenvalue weighted by Gasteiger charge is -2.35. The largest absolute Gasteiger partial charge is 0.356 e. The standard InChI is InChI=1S/C14H28N2O/c1-2-3-7-10-16-13(17)11-14(12-15)8-5-4-6-9-14/h2-12,15H2,1H3,(H,16,17). The Morgan fingerprint density at radius 2 is 1.94 bits per heavy atom. The Morgan fingerprint density at radius 1 is 1.24 bits per heavy atom. The van der Waals surface area contributed by atoms with Crippen LogP contribution in [0.15, 0.2) is 0 Å². The molecule has 0 saturated heterocycles. The predicted molar refractivity (Wildman–Crippen MR) is 71.7 cm³/mol. The first kappa shape index (κ1) is 14.5. The molecule has 100 valence electrons. The van der Waals surface area contributed by atoms with Gasteiger partial charge in [0.25, 0.3) is 0 Å². The molecule has 3 N–H and O–H groups in total. The number of nitrogens with two attached hydrogens (primary N) is 1. The van der Waals surface area contributed by atoms with Crippen molar-refractivity contribution >= 4 is 5.91 Å². The van der Waals surface area contributed by atoms with E-state index in [0.29, 0.717) is 13.0 Å². The summed E-state index contributed by atoms with van der Waals surface area (Å²) in [5, 5.41) is 3.03. The van der Waals surface area contributed by atoms with Crippen molar-refractivity contribution in [3.05, 3.63) is 0 Å². The average molecular weight is 240 g/mol. The molecule has 0 spiro atoms. The van der Waals surface area contributed by atoms with E-state index in [1.807, 2.05) is 0 Å². The molecular formula is C14H28N2O. The van der Waals surface area contributed by atoms with Gasteiger partial charge in [-0.2, -0.15) is 0 Å². The molecule has 0 aliphatic heterocycles. The Morgan fingerprint density at radius 3 is 2.53 bits per heavy atom. The number of hydrogen-bond acceptors (Lipinski definition) is 2. The minimum Gasteiger partial charge on any atom is -0.356 e. The van der Waals surface area contributed by atoms with Crippen LogP contribution in [0, 0.1) is 5.41 Å². The number of unbranched alkanes of at least 4 members (excludes halogenated alkanes) is 2. The van der Waals surface area contributed by atoms with Gasteiger partial charge in [0.05, 0.1) is 0 Å². The van der Waals surface area contributed by atoms with Crippen molar-refractivity contribution in [3.8, 4) is 0 Å². The van der Waals surface area contributed by atoms with E-state index < -0.39 is 0 Å². The fourth-order valence-electron chi connectivity index (χ4n) is 2.76. The summed E-state index contributed by atoms with van der Waals surface area (Å²) in [6, 6.07) is 0. The van der Waals surface area contributed by atoms with Crippen molar-refractivity contribution in [2.45, 2.75) is 64.7 Å². The van der Waals surface area contributed by atoms with E-state index in [1.165, 1.54) is 32.1 Å². The summed E-state index contributed by atoms with van der Waals surface area (Å²) >= 11 is 0. The van der Waals surface area contributed by atoms with E-state index in [-0.39, 0.29) is 11.3 Å². The first-order chi connectivity index (χ1) is 8.22. The highest BCUT2D eigenvalue weighted by atomic mass is 16.1. The molecule has 1 aliphatic rings. The monoisotopic (exact) mass is 240 g/mol. The van der Waals surface area contributed by atoms with Gasteiger partial charge in [-0.05, 0) is 31.2 Å². The van der Waals surface area contributed by atoms with Crippen molar-refractivity contribution in [1.29, 1.82) is 0 Å². The second kappa shape index (κ2) is 7.70. The Hall–Kier alpha value is -0.570. The summed E-state index contributed by atoms with van der Waals surface area (Å²) in [6.45, 7) is 3.66. The minimum atomic E-state index is 0.104. The molecular weight excluding hydrogens is 212 g/mol. The zero-order valence-corrected chi connectivity index (χ0v) is 11.3. The van der Waals surface area contributed by atoms with E-state index in [9.17, 15) is 4.79 Å². The highest BCUT2D eigenvalue weighted by Crippen LogP contribution is 2.38. The van der Waals surface area contributed by atoms with Crippen LogP contribution in [0.3, 0.4) is 0 Å². The van der Waals surface area contributed by atoms with Crippen LogP contribution in [0.25, 0.3) is 0 Å². The molecule has 17 heavy (non-hydrogen) atoms. The lowest BCUT2D eigenvalue weighted by Crippen LogP contribution is -2.38. The van der Waals surface area contributed by atoms with Gasteiger partial charge in [-0.15, -0.1) is 0 Å². The summed E-state index contributed by atoms with van der Waals surface area (Å²) in [7, 11) is 0. The van der Waals surface area contributed by atoms with Crippen LogP contribution < -0.4 is 11.1 Å². The third-order valence-electron chi connectivity index (χ3n) is 3.99. The highest BCUT2D eigenvalue weighted by Gasteiger charge is 2.32. The summed E-state index contributed by atoms with van der Waals surface area (Å²) in [5.74, 6) is 0.202. The molecule has 0 radical (unpaired) electrons. The molecule has 0 aromatic rings. The van der Waals surface area contributed by atoms with Crippen molar-refractivity contribution in [1.82, 2.24) is 5.32 Å². The van der Waals surface area contributed by atoms with Gasteiger partial charge in [0.1, 0.15) is 0 Å². The van der Waals surface area contributed by atoms with Crippen molar-refractivity contribution in [2.24, 2.45) is 11.1 Å². The van der Waals surface area contributed by atoms with E-state index in [0.717, 1.165) is 25.8 Å². The third kappa shape index (κ3) is 5.07. The van der Waals surface area contributed by atoms with Crippen molar-refractivity contribution in [2.75, 3.05) is 13.1 Å². The van der Waals surface area contributed by atoms with Gasteiger partial charge in [-0.25, -0.2) is 0 Å². The number of hydrogen-bond donors (Lipinski definition) is 2. The van der Waals surface area contributed by atoms with Gasteiger partial charge >= 0.3 is 0 Å². The molecule has 1 rings (SSSR count). The fraction of sp³-hybridized carbons (Fsp3) is 0.929. The van der Waals surface area contributed by atoms with Crippen LogP contribution in [0.2, 0.25) is 0 Å². The first-order valence-electron chi connectivity index (χ1n) is 7.19. The molecule has 0 aromatic heterocycles. The highest BCUT2D eigenvalue weighted by molar-refractivity contribution is 5.76. The molecule has 0 atom stereocenters. The van der Waals surface area contributed by atoms with Crippen LogP contribution in [0.4, 0.5) is 0 Å². The Bertz CT molecular complexity index is 222. The number of carbonyl (C=O) groups is 1. The average Bonchev–Trinajstić information content (AvgIpc) is 2.36. The molecule has 1 saturated carbocycles. The zero-order chi connectivity index (χ0) is 12.6. The number of nitrogens with one attached hydrogen (secondary N) is 1. The van der Waals surface area contributed by atoms with Gasteiger partial charge < -0.3 is 11.1 Å². The maximum Gasteiger partial charge on any atom is 0.220 e. The molecule has 0 bridgehead atoms. The van der Waals surface area contributed by atoms with Crippen LogP contribution in [0.5, 0.6) is 0 Å². The van der Waals surface area contributed by atoms with E-state index >= 15 is 0 Å². The molecule has 3 heteroatoms. The molecule has 0 heterocycles. The third-order valence-corrected chi connectivity index (χ3v) is 3.99. The van der Waals surface area contributed by atoms with Gasteiger partial charge in [0, 0.05) is 13.0 Å². The minimum absolute atomic E-state index is 0.104. The van der Waals surface area contributed by atoms with Crippen LogP contribution in [0.1, 0.15) is 64.7 Å². The molecule has 3 nitrogen and oxygen atoms in total. The lowest BCUT2D eigenvalue weighted by atomic mass is 9.71. The van der Waals surface area contributed by atoms with Crippen LogP contribution >= 0.6 is 0 Å². The van der Waals surface area contributed by atoms with E-state index in [4.69, 9.17) is 5.73 Å². The SMILES string of the molecule is CCCCCNC(=O)CC1(CN)CCCCC1.